The first-order valence-electron chi connectivity index (χ1n) is 16.6. The summed E-state index contributed by atoms with van der Waals surface area (Å²) in [5.74, 6) is 1.53. The fourth-order valence-electron chi connectivity index (χ4n) is 8.07. The number of aldehydes is 1. The Kier molecular flexibility index (Phi) is 8.59. The first kappa shape index (κ1) is 30.8. The van der Waals surface area contributed by atoms with Crippen molar-refractivity contribution in [3.8, 4) is 11.6 Å². The number of amides is 1. The molecule has 0 radical (unpaired) electrons. The molecule has 9 nitrogen and oxygen atoms in total. The largest absolute Gasteiger partial charge is 0.497 e. The molecule has 2 aromatic rings. The number of nitrogens with zero attached hydrogens (tertiary/aromatic N) is 3. The van der Waals surface area contributed by atoms with Crippen LogP contribution in [0.15, 0.2) is 18.2 Å². The van der Waals surface area contributed by atoms with Crippen LogP contribution in [0.5, 0.6) is 11.6 Å². The summed E-state index contributed by atoms with van der Waals surface area (Å²) in [6.45, 7) is 8.19. The zero-order valence-corrected chi connectivity index (χ0v) is 26.8. The summed E-state index contributed by atoms with van der Waals surface area (Å²) in [6, 6.07) is 5.00. The van der Waals surface area contributed by atoms with E-state index in [1.807, 2.05) is 45.9 Å². The van der Waals surface area contributed by atoms with E-state index in [0.29, 0.717) is 41.3 Å². The van der Waals surface area contributed by atoms with Crippen molar-refractivity contribution in [2.24, 2.45) is 35.0 Å². The second-order valence-electron chi connectivity index (χ2n) is 14.5. The molecule has 0 unspecified atom stereocenters. The van der Waals surface area contributed by atoms with Crippen molar-refractivity contribution in [3.63, 3.8) is 0 Å². The summed E-state index contributed by atoms with van der Waals surface area (Å²) in [6.07, 6.45) is 8.00. The number of esters is 1. The maximum Gasteiger partial charge on any atom is 0.306 e. The topological polar surface area (TPSA) is 108 Å². The Labute approximate surface area is 260 Å². The van der Waals surface area contributed by atoms with Crippen LogP contribution in [-0.2, 0) is 25.5 Å². The molecule has 2 bridgehead atoms. The van der Waals surface area contributed by atoms with E-state index < -0.39 is 23.5 Å². The number of carbonyl (C=O) groups is 3. The second kappa shape index (κ2) is 12.3. The number of rotatable bonds is 3. The van der Waals surface area contributed by atoms with Crippen LogP contribution in [0.2, 0.25) is 0 Å². The lowest BCUT2D eigenvalue weighted by Gasteiger charge is -2.34. The summed E-state index contributed by atoms with van der Waals surface area (Å²) < 4.78 is 18.2. The van der Waals surface area contributed by atoms with E-state index in [2.05, 4.69) is 0 Å². The maximum atomic E-state index is 14.3. The van der Waals surface area contributed by atoms with Crippen molar-refractivity contribution >= 4 is 29.2 Å². The van der Waals surface area contributed by atoms with Crippen LogP contribution >= 0.6 is 0 Å². The number of carbonyl (C=O) groups excluding carboxylic acids is 3. The van der Waals surface area contributed by atoms with Gasteiger partial charge < -0.3 is 23.9 Å². The van der Waals surface area contributed by atoms with Crippen molar-refractivity contribution < 1.29 is 28.6 Å². The Bertz CT molecular complexity index is 1400. The van der Waals surface area contributed by atoms with Gasteiger partial charge in [0.1, 0.15) is 29.9 Å². The summed E-state index contributed by atoms with van der Waals surface area (Å²) in [5, 5.41) is 0. The third-order valence-electron chi connectivity index (χ3n) is 10.7. The van der Waals surface area contributed by atoms with Crippen LogP contribution in [0.25, 0.3) is 11.0 Å². The van der Waals surface area contributed by atoms with Crippen molar-refractivity contribution in [2.75, 3.05) is 13.7 Å². The Balaban J connectivity index is 1.36. The van der Waals surface area contributed by atoms with Crippen LogP contribution in [0.3, 0.4) is 0 Å². The third-order valence-corrected chi connectivity index (χ3v) is 10.7. The Morgan fingerprint density at radius 2 is 1.84 bits per heavy atom. The number of hydrogen-bond donors (Lipinski definition) is 0. The van der Waals surface area contributed by atoms with Gasteiger partial charge in [0.25, 0.3) is 0 Å². The van der Waals surface area contributed by atoms with Gasteiger partial charge in [-0.3, -0.25) is 9.59 Å². The molecule has 6 rings (SSSR count). The van der Waals surface area contributed by atoms with E-state index >= 15 is 0 Å². The van der Waals surface area contributed by atoms with Gasteiger partial charge in [-0.1, -0.05) is 40.5 Å². The number of aromatic nitrogens is 2. The molecule has 9 heteroatoms. The fourth-order valence-corrected chi connectivity index (χ4v) is 8.07. The molecule has 2 aliphatic heterocycles. The molecule has 4 aliphatic rings. The van der Waals surface area contributed by atoms with Crippen LogP contribution in [0, 0.1) is 35.0 Å². The predicted molar refractivity (Wildman–Crippen MR) is 165 cm³/mol. The van der Waals surface area contributed by atoms with Gasteiger partial charge in [0.15, 0.2) is 0 Å². The molecule has 2 aliphatic carbocycles. The highest BCUT2D eigenvalue weighted by atomic mass is 16.5. The molecular weight excluding hydrogens is 558 g/mol. The van der Waals surface area contributed by atoms with Gasteiger partial charge >= 0.3 is 5.97 Å². The quantitative estimate of drug-likeness (QED) is 0.331. The number of ether oxygens (including phenoxy) is 3. The SMILES string of the molecule is CC[C@@H]1[C@@H]2CN(C(=O)[C@H](C(C)(C)C)CC(=O)O[C@@H]3C[C@H]4C[C@H]4[C@H]3CCCCCc3nc4ccc(OC)cc4nc3O2)[C@@H]1C=O. The molecule has 8 atom stereocenters. The molecule has 1 aromatic carbocycles. The fraction of sp³-hybridized carbons (Fsp3) is 0.686. The highest BCUT2D eigenvalue weighted by Gasteiger charge is 2.54. The molecule has 3 fully saturated rings. The van der Waals surface area contributed by atoms with E-state index in [1.54, 1.807) is 12.0 Å². The van der Waals surface area contributed by atoms with E-state index in [9.17, 15) is 14.4 Å². The normalized spacial score (nSPS) is 32.9. The van der Waals surface area contributed by atoms with Crippen LogP contribution in [-0.4, -0.2) is 64.9 Å². The Hall–Kier alpha value is -3.23. The number of hydrogen-bond acceptors (Lipinski definition) is 8. The van der Waals surface area contributed by atoms with Crippen molar-refractivity contribution in [1.82, 2.24) is 14.9 Å². The minimum absolute atomic E-state index is 0.00735. The molecular formula is C35H47N3O6. The number of methoxy groups -OCH3 is 1. The molecule has 0 spiro atoms. The highest BCUT2D eigenvalue weighted by Crippen LogP contribution is 2.58. The number of benzene rings is 1. The van der Waals surface area contributed by atoms with Gasteiger partial charge in [0, 0.05) is 12.0 Å². The summed E-state index contributed by atoms with van der Waals surface area (Å²) in [5.41, 5.74) is 1.75. The minimum atomic E-state index is -0.649. The van der Waals surface area contributed by atoms with Crippen molar-refractivity contribution in [2.45, 2.75) is 104 Å². The zero-order valence-electron chi connectivity index (χ0n) is 26.8. The van der Waals surface area contributed by atoms with Gasteiger partial charge in [0.2, 0.25) is 11.8 Å². The van der Waals surface area contributed by atoms with Crippen LogP contribution in [0.4, 0.5) is 0 Å². The van der Waals surface area contributed by atoms with E-state index in [1.165, 1.54) is 6.42 Å². The summed E-state index contributed by atoms with van der Waals surface area (Å²) in [4.78, 5) is 51.8. The van der Waals surface area contributed by atoms with Crippen molar-refractivity contribution in [1.29, 1.82) is 0 Å². The smallest absolute Gasteiger partial charge is 0.306 e. The molecule has 0 N–H and O–H groups in total. The lowest BCUT2D eigenvalue weighted by molar-refractivity contribution is -0.158. The molecule has 238 valence electrons. The van der Waals surface area contributed by atoms with E-state index in [0.717, 1.165) is 56.0 Å². The molecule has 1 amide bonds. The molecule has 2 saturated carbocycles. The lowest BCUT2D eigenvalue weighted by atomic mass is 9.77. The summed E-state index contributed by atoms with van der Waals surface area (Å²) >= 11 is 0. The lowest BCUT2D eigenvalue weighted by Crippen LogP contribution is -2.46. The maximum absolute atomic E-state index is 14.3. The number of fused-ring (bicyclic) bond motifs is 7. The van der Waals surface area contributed by atoms with Crippen molar-refractivity contribution in [3.05, 3.63) is 23.9 Å². The monoisotopic (exact) mass is 605 g/mol. The summed E-state index contributed by atoms with van der Waals surface area (Å²) in [7, 11) is 1.62. The molecule has 3 heterocycles. The average Bonchev–Trinajstić information content (AvgIpc) is 3.54. The van der Waals surface area contributed by atoms with E-state index in [-0.39, 0.29) is 36.9 Å². The molecule has 1 aromatic heterocycles. The van der Waals surface area contributed by atoms with Crippen LogP contribution < -0.4 is 9.47 Å². The van der Waals surface area contributed by atoms with Gasteiger partial charge in [-0.05, 0) is 73.8 Å². The minimum Gasteiger partial charge on any atom is -0.497 e. The van der Waals surface area contributed by atoms with Gasteiger partial charge in [-0.25, -0.2) is 9.97 Å². The van der Waals surface area contributed by atoms with Gasteiger partial charge in [0.05, 0.1) is 43.1 Å². The second-order valence-corrected chi connectivity index (χ2v) is 14.5. The number of aryl methyl sites for hydroxylation is 1. The standard InChI is InChI=1S/C35H47N3O6/c1-6-22-29(19-39)38-18-31(22)44-33-27(36-26-13-12-21(42-5)16-28(26)37-33)11-9-7-8-10-23-24-14-20(24)15-30(23)43-32(40)17-25(34(38)41)35(2,3)4/h12-13,16,19-20,22-25,29-31H,6-11,14-15,17-18H2,1-5H3/t20-,22+,23-,24-,25-,29-,30-,31+/m1/s1. The Morgan fingerprint density at radius 1 is 1.02 bits per heavy atom. The van der Waals surface area contributed by atoms with Crippen LogP contribution in [0.1, 0.15) is 84.8 Å². The first-order valence-corrected chi connectivity index (χ1v) is 16.6. The third kappa shape index (κ3) is 6.03. The van der Waals surface area contributed by atoms with Gasteiger partial charge in [-0.15, -0.1) is 0 Å². The first-order chi connectivity index (χ1) is 21.1. The predicted octanol–water partition coefficient (Wildman–Crippen LogP) is 5.56. The average molecular weight is 606 g/mol. The Morgan fingerprint density at radius 3 is 2.57 bits per heavy atom. The molecule has 1 saturated heterocycles. The van der Waals surface area contributed by atoms with E-state index in [4.69, 9.17) is 24.2 Å². The molecule has 44 heavy (non-hydrogen) atoms. The zero-order chi connectivity index (χ0) is 31.2. The van der Waals surface area contributed by atoms with Gasteiger partial charge in [-0.2, -0.15) is 0 Å². The highest BCUT2D eigenvalue weighted by molar-refractivity contribution is 5.87.